The third-order valence-corrected chi connectivity index (χ3v) is 6.15. The normalized spacial score (nSPS) is 15.9. The molecular weight excluding hydrogens is 344 g/mol. The SMILES string of the molecule is CCCCC(CC)CN(CC(CC)CCCC)CN1Nc2ccc(C)cc2N1. The second-order valence-corrected chi connectivity index (χ2v) is 8.71. The van der Waals surface area contributed by atoms with Gasteiger partial charge >= 0.3 is 0 Å². The van der Waals surface area contributed by atoms with Crippen LogP contribution in [0.1, 0.15) is 84.6 Å². The largest absolute Gasteiger partial charge is 0.298 e. The molecule has 0 spiro atoms. The Morgan fingerprint density at radius 2 is 1.43 bits per heavy atom. The van der Waals surface area contributed by atoms with E-state index < -0.39 is 0 Å². The van der Waals surface area contributed by atoms with E-state index in [2.05, 4.69) is 73.7 Å². The number of rotatable bonds is 14. The van der Waals surface area contributed by atoms with E-state index in [0.29, 0.717) is 0 Å². The van der Waals surface area contributed by atoms with Crippen LogP contribution in [0.4, 0.5) is 11.4 Å². The fourth-order valence-electron chi connectivity index (χ4n) is 4.19. The van der Waals surface area contributed by atoms with E-state index >= 15 is 0 Å². The maximum Gasteiger partial charge on any atom is 0.0907 e. The van der Waals surface area contributed by atoms with Gasteiger partial charge in [-0.15, -0.1) is 5.12 Å². The van der Waals surface area contributed by atoms with Crippen LogP contribution in [0.5, 0.6) is 0 Å². The minimum absolute atomic E-state index is 0.802. The Hall–Kier alpha value is -1.26. The number of benzene rings is 1. The molecule has 0 amide bonds. The first-order chi connectivity index (χ1) is 13.6. The van der Waals surface area contributed by atoms with Gasteiger partial charge in [0.2, 0.25) is 0 Å². The number of anilines is 2. The monoisotopic (exact) mass is 388 g/mol. The van der Waals surface area contributed by atoms with Crippen LogP contribution in [-0.4, -0.2) is 29.8 Å². The van der Waals surface area contributed by atoms with Crippen LogP contribution in [0.3, 0.4) is 0 Å². The maximum absolute atomic E-state index is 3.56. The molecule has 0 aliphatic carbocycles. The highest BCUT2D eigenvalue weighted by Crippen LogP contribution is 2.29. The number of fused-ring (bicyclic) bond motifs is 1. The van der Waals surface area contributed by atoms with Crippen LogP contribution in [0.25, 0.3) is 0 Å². The standard InChI is InChI=1S/C24H44N4/c1-6-10-12-21(8-3)17-27(18-22(9-4)13-11-7-2)19-28-25-23-15-14-20(5)16-24(23)26-28/h14-16,21-22,25-26H,6-13,17-19H2,1-5H3. The second-order valence-electron chi connectivity index (χ2n) is 8.71. The number of aryl methyl sites for hydroxylation is 1. The van der Waals surface area contributed by atoms with E-state index in [-0.39, 0.29) is 0 Å². The zero-order chi connectivity index (χ0) is 20.4. The van der Waals surface area contributed by atoms with E-state index in [9.17, 15) is 0 Å². The number of hydrazine groups is 2. The molecule has 4 nitrogen and oxygen atoms in total. The highest BCUT2D eigenvalue weighted by atomic mass is 15.8. The van der Waals surface area contributed by atoms with Crippen LogP contribution >= 0.6 is 0 Å². The van der Waals surface area contributed by atoms with Crippen molar-refractivity contribution in [2.45, 2.75) is 86.0 Å². The number of nitrogens with one attached hydrogen (secondary N) is 2. The quantitative estimate of drug-likeness (QED) is 0.373. The summed E-state index contributed by atoms with van der Waals surface area (Å²) in [7, 11) is 0. The molecule has 160 valence electrons. The average molecular weight is 389 g/mol. The Morgan fingerprint density at radius 3 is 1.96 bits per heavy atom. The number of unbranched alkanes of at least 4 members (excludes halogenated alkanes) is 2. The van der Waals surface area contributed by atoms with Crippen molar-refractivity contribution < 1.29 is 0 Å². The molecule has 0 saturated carbocycles. The smallest absolute Gasteiger partial charge is 0.0907 e. The number of hydrogen-bond acceptors (Lipinski definition) is 4. The fourth-order valence-corrected chi connectivity index (χ4v) is 4.19. The van der Waals surface area contributed by atoms with E-state index in [1.807, 2.05) is 0 Å². The first-order valence-corrected chi connectivity index (χ1v) is 11.7. The van der Waals surface area contributed by atoms with Gasteiger partial charge in [-0.3, -0.25) is 15.8 Å². The third kappa shape index (κ3) is 7.29. The number of hydrogen-bond donors (Lipinski definition) is 2. The zero-order valence-electron chi connectivity index (χ0n) is 19.1. The summed E-state index contributed by atoms with van der Waals surface area (Å²) in [6, 6.07) is 6.57. The van der Waals surface area contributed by atoms with Gasteiger partial charge in [0.1, 0.15) is 0 Å². The Bertz CT molecular complexity index is 542. The van der Waals surface area contributed by atoms with E-state index in [4.69, 9.17) is 0 Å². The fraction of sp³-hybridized carbons (Fsp3) is 0.750. The predicted octanol–water partition coefficient (Wildman–Crippen LogP) is 6.66. The summed E-state index contributed by atoms with van der Waals surface area (Å²) in [5, 5.41) is 2.17. The molecule has 1 aliphatic rings. The predicted molar refractivity (Wildman–Crippen MR) is 123 cm³/mol. The Kier molecular flexibility index (Phi) is 10.1. The van der Waals surface area contributed by atoms with Gasteiger partial charge in [-0.1, -0.05) is 72.3 Å². The summed E-state index contributed by atoms with van der Waals surface area (Å²) in [5.41, 5.74) is 10.8. The van der Waals surface area contributed by atoms with Gasteiger partial charge in [0, 0.05) is 13.1 Å². The van der Waals surface area contributed by atoms with Gasteiger partial charge < -0.3 is 0 Å². The van der Waals surface area contributed by atoms with Crippen molar-refractivity contribution in [3.63, 3.8) is 0 Å². The van der Waals surface area contributed by atoms with E-state index in [1.54, 1.807) is 0 Å². The molecule has 0 saturated heterocycles. The molecule has 4 heteroatoms. The number of nitrogens with zero attached hydrogens (tertiary/aromatic N) is 2. The summed E-state index contributed by atoms with van der Waals surface area (Å²) in [5.74, 6) is 1.60. The lowest BCUT2D eigenvalue weighted by Crippen LogP contribution is -2.45. The topological polar surface area (TPSA) is 30.5 Å². The molecule has 1 aliphatic heterocycles. The summed E-state index contributed by atoms with van der Waals surface area (Å²) in [6.07, 6.45) is 10.6. The van der Waals surface area contributed by atoms with Crippen molar-refractivity contribution >= 4 is 11.4 Å². The first-order valence-electron chi connectivity index (χ1n) is 11.7. The molecule has 2 rings (SSSR count). The zero-order valence-corrected chi connectivity index (χ0v) is 19.1. The molecule has 0 aromatic heterocycles. The molecule has 0 fully saturated rings. The molecule has 2 N–H and O–H groups in total. The molecule has 2 unspecified atom stereocenters. The van der Waals surface area contributed by atoms with Gasteiger partial charge in [0.15, 0.2) is 0 Å². The van der Waals surface area contributed by atoms with Crippen LogP contribution < -0.4 is 10.9 Å². The van der Waals surface area contributed by atoms with Crippen LogP contribution in [0.2, 0.25) is 0 Å². The van der Waals surface area contributed by atoms with Crippen LogP contribution in [0.15, 0.2) is 18.2 Å². The molecule has 1 aromatic rings. The van der Waals surface area contributed by atoms with Gasteiger partial charge in [-0.05, 0) is 49.3 Å². The summed E-state index contributed by atoms with van der Waals surface area (Å²) in [4.78, 5) is 2.69. The van der Waals surface area contributed by atoms with Crippen LogP contribution in [0, 0.1) is 18.8 Å². The summed E-state index contributed by atoms with van der Waals surface area (Å²) in [6.45, 7) is 14.8. The lowest BCUT2D eigenvalue weighted by molar-refractivity contribution is 0.124. The van der Waals surface area contributed by atoms with Crippen molar-refractivity contribution in [3.05, 3.63) is 23.8 Å². The molecule has 0 radical (unpaired) electrons. The van der Waals surface area contributed by atoms with Crippen molar-refractivity contribution in [3.8, 4) is 0 Å². The highest BCUT2D eigenvalue weighted by Gasteiger charge is 2.23. The van der Waals surface area contributed by atoms with E-state index in [1.165, 1.54) is 81.4 Å². The second kappa shape index (κ2) is 12.3. The van der Waals surface area contributed by atoms with Crippen molar-refractivity contribution in [1.29, 1.82) is 0 Å². The lowest BCUT2D eigenvalue weighted by atomic mass is 9.96. The molecule has 1 heterocycles. The molecule has 0 bridgehead atoms. The minimum Gasteiger partial charge on any atom is -0.298 e. The van der Waals surface area contributed by atoms with Crippen LogP contribution in [-0.2, 0) is 0 Å². The van der Waals surface area contributed by atoms with Crippen molar-refractivity contribution in [1.82, 2.24) is 10.0 Å². The van der Waals surface area contributed by atoms with Gasteiger partial charge in [-0.25, -0.2) is 0 Å². The van der Waals surface area contributed by atoms with Crippen molar-refractivity contribution in [2.75, 3.05) is 30.6 Å². The van der Waals surface area contributed by atoms with Gasteiger partial charge in [-0.2, -0.15) is 0 Å². The first kappa shape index (κ1) is 23.0. The Morgan fingerprint density at radius 1 is 0.857 bits per heavy atom. The maximum atomic E-state index is 3.56. The summed E-state index contributed by atoms with van der Waals surface area (Å²) >= 11 is 0. The van der Waals surface area contributed by atoms with E-state index in [0.717, 1.165) is 18.5 Å². The molecule has 1 aromatic carbocycles. The molecule has 28 heavy (non-hydrogen) atoms. The molecule has 2 atom stereocenters. The minimum atomic E-state index is 0.802. The highest BCUT2D eigenvalue weighted by molar-refractivity contribution is 5.72. The Balaban J connectivity index is 2.00. The van der Waals surface area contributed by atoms with Gasteiger partial charge in [0.25, 0.3) is 0 Å². The van der Waals surface area contributed by atoms with Crippen molar-refractivity contribution in [2.24, 2.45) is 11.8 Å². The third-order valence-electron chi connectivity index (χ3n) is 6.15. The summed E-state index contributed by atoms with van der Waals surface area (Å²) < 4.78 is 0. The van der Waals surface area contributed by atoms with Gasteiger partial charge in [0.05, 0.1) is 18.0 Å². The molecular formula is C24H44N4. The Labute approximate surface area is 174 Å². The lowest BCUT2D eigenvalue weighted by Gasteiger charge is -2.33. The average Bonchev–Trinajstić information content (AvgIpc) is 3.09.